The standard InChI is InChI=1S/C9H7IN4/c10-8-3-1-2-7(4-8)5-11-9-12-6-13-14-9/h1-6H,(H,12,13,14)/b11-5+. The number of rotatable bonds is 2. The Hall–Kier alpha value is -1.24. The number of hydrogen-bond donors (Lipinski definition) is 1. The summed E-state index contributed by atoms with van der Waals surface area (Å²) in [7, 11) is 0. The Morgan fingerprint density at radius 3 is 3.07 bits per heavy atom. The van der Waals surface area contributed by atoms with Gasteiger partial charge in [0.25, 0.3) is 0 Å². The first-order valence-corrected chi connectivity index (χ1v) is 5.07. The van der Waals surface area contributed by atoms with Crippen molar-refractivity contribution >= 4 is 34.8 Å². The molecular formula is C9H7IN4. The number of nitrogens with zero attached hydrogens (tertiary/aromatic N) is 3. The summed E-state index contributed by atoms with van der Waals surface area (Å²) in [5, 5.41) is 6.36. The number of hydrogen-bond acceptors (Lipinski definition) is 3. The van der Waals surface area contributed by atoms with Gasteiger partial charge in [-0.25, -0.2) is 10.1 Å². The molecule has 0 saturated heterocycles. The molecule has 0 radical (unpaired) electrons. The van der Waals surface area contributed by atoms with E-state index in [-0.39, 0.29) is 0 Å². The van der Waals surface area contributed by atoms with Crippen LogP contribution in [0.3, 0.4) is 0 Å². The van der Waals surface area contributed by atoms with Crippen molar-refractivity contribution in [1.29, 1.82) is 0 Å². The van der Waals surface area contributed by atoms with Crippen LogP contribution >= 0.6 is 22.6 Å². The maximum absolute atomic E-state index is 4.12. The van der Waals surface area contributed by atoms with Gasteiger partial charge in [-0.3, -0.25) is 0 Å². The highest BCUT2D eigenvalue weighted by Gasteiger charge is 1.91. The molecule has 2 rings (SSSR count). The summed E-state index contributed by atoms with van der Waals surface area (Å²) in [5.74, 6) is 0.517. The second kappa shape index (κ2) is 4.32. The molecule has 0 bridgehead atoms. The maximum atomic E-state index is 4.12. The van der Waals surface area contributed by atoms with Gasteiger partial charge in [-0.2, -0.15) is 10.1 Å². The molecule has 0 aliphatic heterocycles. The van der Waals surface area contributed by atoms with Crippen molar-refractivity contribution in [3.63, 3.8) is 0 Å². The fourth-order valence-corrected chi connectivity index (χ4v) is 1.55. The number of aliphatic imine (C=N–C) groups is 1. The van der Waals surface area contributed by atoms with Gasteiger partial charge in [0, 0.05) is 9.78 Å². The van der Waals surface area contributed by atoms with Crippen molar-refractivity contribution in [3.05, 3.63) is 39.7 Å². The number of halogens is 1. The van der Waals surface area contributed by atoms with E-state index in [2.05, 4.69) is 42.8 Å². The minimum absolute atomic E-state index is 0.517. The summed E-state index contributed by atoms with van der Waals surface area (Å²) in [6.45, 7) is 0. The van der Waals surface area contributed by atoms with Crippen LogP contribution in [-0.2, 0) is 0 Å². The Balaban J connectivity index is 2.18. The van der Waals surface area contributed by atoms with E-state index in [9.17, 15) is 0 Å². The Labute approximate surface area is 94.6 Å². The van der Waals surface area contributed by atoms with E-state index in [4.69, 9.17) is 0 Å². The van der Waals surface area contributed by atoms with Crippen LogP contribution in [0, 0.1) is 3.57 Å². The van der Waals surface area contributed by atoms with E-state index in [1.54, 1.807) is 6.21 Å². The molecule has 5 heteroatoms. The first-order chi connectivity index (χ1) is 6.84. The first kappa shape index (κ1) is 9.32. The Morgan fingerprint density at radius 2 is 2.36 bits per heavy atom. The minimum atomic E-state index is 0.517. The maximum Gasteiger partial charge on any atom is 0.245 e. The topological polar surface area (TPSA) is 53.9 Å². The predicted molar refractivity (Wildman–Crippen MR) is 62.8 cm³/mol. The zero-order valence-corrected chi connectivity index (χ0v) is 9.34. The monoisotopic (exact) mass is 298 g/mol. The zero-order chi connectivity index (χ0) is 9.80. The van der Waals surface area contributed by atoms with Gasteiger partial charge in [-0.05, 0) is 40.3 Å². The van der Waals surface area contributed by atoms with Crippen molar-refractivity contribution in [2.45, 2.75) is 0 Å². The molecule has 0 atom stereocenters. The number of nitrogens with one attached hydrogen (secondary N) is 1. The normalized spacial score (nSPS) is 10.9. The molecule has 0 aliphatic carbocycles. The molecule has 0 unspecified atom stereocenters. The average Bonchev–Trinajstić information content (AvgIpc) is 2.67. The Morgan fingerprint density at radius 1 is 1.43 bits per heavy atom. The zero-order valence-electron chi connectivity index (χ0n) is 7.18. The quantitative estimate of drug-likeness (QED) is 0.682. The fraction of sp³-hybridized carbons (Fsp3) is 0. The molecular weight excluding hydrogens is 291 g/mol. The second-order valence-electron chi connectivity index (χ2n) is 2.62. The van der Waals surface area contributed by atoms with Crippen molar-refractivity contribution in [1.82, 2.24) is 15.2 Å². The van der Waals surface area contributed by atoms with Crippen molar-refractivity contribution in [2.24, 2.45) is 4.99 Å². The van der Waals surface area contributed by atoms with E-state index in [1.165, 1.54) is 9.90 Å². The van der Waals surface area contributed by atoms with Crippen molar-refractivity contribution < 1.29 is 0 Å². The van der Waals surface area contributed by atoms with Crippen LogP contribution in [0.5, 0.6) is 0 Å². The predicted octanol–water partition coefficient (Wildman–Crippen LogP) is 2.16. The van der Waals surface area contributed by atoms with E-state index in [0.29, 0.717) is 5.95 Å². The Kier molecular flexibility index (Phi) is 2.87. The van der Waals surface area contributed by atoms with Gasteiger partial charge in [-0.1, -0.05) is 12.1 Å². The van der Waals surface area contributed by atoms with Crippen LogP contribution in [0.4, 0.5) is 5.95 Å². The summed E-state index contributed by atoms with van der Waals surface area (Å²) in [4.78, 5) is 8.01. The fourth-order valence-electron chi connectivity index (χ4n) is 0.984. The molecule has 1 aromatic heterocycles. The van der Waals surface area contributed by atoms with E-state index in [1.807, 2.05) is 24.3 Å². The third-order valence-corrected chi connectivity index (χ3v) is 2.26. The second-order valence-corrected chi connectivity index (χ2v) is 3.87. The largest absolute Gasteiger partial charge is 0.245 e. The molecule has 4 nitrogen and oxygen atoms in total. The summed E-state index contributed by atoms with van der Waals surface area (Å²) < 4.78 is 1.18. The molecule has 1 heterocycles. The summed E-state index contributed by atoms with van der Waals surface area (Å²) in [6.07, 6.45) is 3.18. The smallest absolute Gasteiger partial charge is 0.244 e. The van der Waals surface area contributed by atoms with Crippen LogP contribution in [0.2, 0.25) is 0 Å². The summed E-state index contributed by atoms with van der Waals surface area (Å²) in [6, 6.07) is 8.05. The Bertz CT molecular complexity index is 436. The molecule has 1 aromatic carbocycles. The third-order valence-electron chi connectivity index (χ3n) is 1.59. The number of benzene rings is 1. The number of aromatic amines is 1. The van der Waals surface area contributed by atoms with Crippen molar-refractivity contribution in [2.75, 3.05) is 0 Å². The lowest BCUT2D eigenvalue weighted by atomic mass is 10.2. The molecule has 0 amide bonds. The third kappa shape index (κ3) is 2.38. The highest BCUT2D eigenvalue weighted by Crippen LogP contribution is 2.07. The van der Waals surface area contributed by atoms with Gasteiger partial charge < -0.3 is 0 Å². The number of aromatic nitrogens is 3. The van der Waals surface area contributed by atoms with Crippen LogP contribution < -0.4 is 0 Å². The van der Waals surface area contributed by atoms with Gasteiger partial charge >= 0.3 is 0 Å². The van der Waals surface area contributed by atoms with E-state index in [0.717, 1.165) is 5.56 Å². The van der Waals surface area contributed by atoms with E-state index >= 15 is 0 Å². The lowest BCUT2D eigenvalue weighted by Crippen LogP contribution is -1.81. The van der Waals surface area contributed by atoms with Crippen molar-refractivity contribution in [3.8, 4) is 0 Å². The van der Waals surface area contributed by atoms with Crippen LogP contribution in [0.25, 0.3) is 0 Å². The van der Waals surface area contributed by atoms with Gasteiger partial charge in [-0.15, -0.1) is 0 Å². The summed E-state index contributed by atoms with van der Waals surface area (Å²) >= 11 is 2.26. The number of H-pyrrole nitrogens is 1. The molecule has 0 fully saturated rings. The highest BCUT2D eigenvalue weighted by molar-refractivity contribution is 14.1. The average molecular weight is 298 g/mol. The SMILES string of the molecule is Ic1cccc(/C=N/c2ncn[nH]2)c1. The minimum Gasteiger partial charge on any atom is -0.244 e. The van der Waals surface area contributed by atoms with E-state index < -0.39 is 0 Å². The van der Waals surface area contributed by atoms with Gasteiger partial charge in [0.2, 0.25) is 5.95 Å². The van der Waals surface area contributed by atoms with Gasteiger partial charge in [0.1, 0.15) is 6.33 Å². The van der Waals surface area contributed by atoms with Crippen LogP contribution in [0.1, 0.15) is 5.56 Å². The lowest BCUT2D eigenvalue weighted by molar-refractivity contribution is 1.08. The molecule has 1 N–H and O–H groups in total. The molecule has 0 saturated carbocycles. The van der Waals surface area contributed by atoms with Gasteiger partial charge in [0.15, 0.2) is 0 Å². The molecule has 2 aromatic rings. The highest BCUT2D eigenvalue weighted by atomic mass is 127. The van der Waals surface area contributed by atoms with Crippen LogP contribution in [-0.4, -0.2) is 21.4 Å². The molecule has 70 valence electrons. The molecule has 0 spiro atoms. The van der Waals surface area contributed by atoms with Gasteiger partial charge in [0.05, 0.1) is 0 Å². The first-order valence-electron chi connectivity index (χ1n) is 3.99. The molecule has 0 aliphatic rings. The molecule has 14 heavy (non-hydrogen) atoms. The van der Waals surface area contributed by atoms with Crippen LogP contribution in [0.15, 0.2) is 35.6 Å². The lowest BCUT2D eigenvalue weighted by Gasteiger charge is -1.92. The summed E-state index contributed by atoms with van der Waals surface area (Å²) in [5.41, 5.74) is 1.05.